The van der Waals surface area contributed by atoms with Crippen LogP contribution in [0.5, 0.6) is 0 Å². The van der Waals surface area contributed by atoms with Crippen molar-refractivity contribution >= 4 is 11.8 Å². The number of benzene rings is 1. The van der Waals surface area contributed by atoms with Gasteiger partial charge >= 0.3 is 0 Å². The summed E-state index contributed by atoms with van der Waals surface area (Å²) in [6.07, 6.45) is 4.58. The van der Waals surface area contributed by atoms with Crippen molar-refractivity contribution in [3.8, 4) is 0 Å². The van der Waals surface area contributed by atoms with Crippen molar-refractivity contribution in [3.63, 3.8) is 0 Å². The van der Waals surface area contributed by atoms with Crippen molar-refractivity contribution in [3.05, 3.63) is 35.4 Å². The Hall–Kier alpha value is -1.88. The first kappa shape index (κ1) is 19.4. The fourth-order valence-electron chi connectivity index (χ4n) is 3.32. The Balaban J connectivity index is 1.73. The van der Waals surface area contributed by atoms with E-state index in [2.05, 4.69) is 46.7 Å². The molecule has 1 atom stereocenters. The molecule has 25 heavy (non-hydrogen) atoms. The summed E-state index contributed by atoms with van der Waals surface area (Å²) in [5.41, 5.74) is 2.41. The van der Waals surface area contributed by atoms with Gasteiger partial charge in [0, 0.05) is 25.4 Å². The van der Waals surface area contributed by atoms with Gasteiger partial charge in [-0.2, -0.15) is 0 Å². The van der Waals surface area contributed by atoms with E-state index in [1.807, 2.05) is 14.1 Å². The molecule has 0 aliphatic heterocycles. The number of nitrogens with zero attached hydrogens (tertiary/aromatic N) is 1. The zero-order valence-corrected chi connectivity index (χ0v) is 15.7. The molecule has 0 saturated heterocycles. The van der Waals surface area contributed by atoms with Gasteiger partial charge in [-0.3, -0.25) is 9.59 Å². The Morgan fingerprint density at radius 3 is 2.36 bits per heavy atom. The van der Waals surface area contributed by atoms with E-state index in [4.69, 9.17) is 0 Å². The van der Waals surface area contributed by atoms with E-state index in [1.165, 1.54) is 11.1 Å². The maximum atomic E-state index is 12.1. The third-order valence-electron chi connectivity index (χ3n) is 4.96. The van der Waals surface area contributed by atoms with E-state index >= 15 is 0 Å². The van der Waals surface area contributed by atoms with Gasteiger partial charge in [0.15, 0.2) is 0 Å². The van der Waals surface area contributed by atoms with Gasteiger partial charge in [-0.15, -0.1) is 0 Å². The summed E-state index contributed by atoms with van der Waals surface area (Å²) in [7, 11) is 4.02. The Labute approximate surface area is 151 Å². The molecule has 5 nitrogen and oxygen atoms in total. The highest BCUT2D eigenvalue weighted by Crippen LogP contribution is 2.24. The molecule has 0 radical (unpaired) electrons. The van der Waals surface area contributed by atoms with Crippen LogP contribution in [-0.2, 0) is 9.59 Å². The molecular formula is C20H31N3O2. The van der Waals surface area contributed by atoms with Crippen LogP contribution in [0.15, 0.2) is 24.3 Å². The predicted octanol–water partition coefficient (Wildman–Crippen LogP) is 2.41. The van der Waals surface area contributed by atoms with Crippen LogP contribution in [0.4, 0.5) is 0 Å². The van der Waals surface area contributed by atoms with Crippen LogP contribution >= 0.6 is 0 Å². The van der Waals surface area contributed by atoms with Crippen LogP contribution in [-0.4, -0.2) is 43.9 Å². The molecule has 2 N–H and O–H groups in total. The minimum absolute atomic E-state index is 0.0225. The fraction of sp³-hybridized carbons (Fsp3) is 0.600. The van der Waals surface area contributed by atoms with E-state index in [0.29, 0.717) is 19.5 Å². The predicted molar refractivity (Wildman–Crippen MR) is 100 cm³/mol. The molecule has 1 fully saturated rings. The standard InChI is InChI=1S/C20H31N3O2/c1-15-8-10-16(11-9-15)18(23(2)3)14-22-19(24)12-13-21-20(25)17-6-4-5-7-17/h8-11,17-18H,4-7,12-14H2,1-3H3,(H,21,25)(H,22,24). The van der Waals surface area contributed by atoms with Crippen LogP contribution in [0.3, 0.4) is 0 Å². The average molecular weight is 345 g/mol. The molecule has 1 aliphatic rings. The van der Waals surface area contributed by atoms with Crippen molar-refractivity contribution in [2.45, 2.75) is 45.1 Å². The maximum absolute atomic E-state index is 12.1. The molecule has 1 aromatic carbocycles. The van der Waals surface area contributed by atoms with E-state index in [-0.39, 0.29) is 23.8 Å². The summed E-state index contributed by atoms with van der Waals surface area (Å²) < 4.78 is 0. The van der Waals surface area contributed by atoms with Crippen LogP contribution in [0, 0.1) is 12.8 Å². The lowest BCUT2D eigenvalue weighted by molar-refractivity contribution is -0.125. The summed E-state index contributed by atoms with van der Waals surface area (Å²) in [5, 5.41) is 5.88. The molecule has 1 aromatic rings. The highest BCUT2D eigenvalue weighted by molar-refractivity contribution is 5.80. The first-order chi connectivity index (χ1) is 12.0. The normalized spacial score (nSPS) is 16.0. The third-order valence-corrected chi connectivity index (χ3v) is 4.96. The van der Waals surface area contributed by atoms with E-state index in [9.17, 15) is 9.59 Å². The number of nitrogens with one attached hydrogen (secondary N) is 2. The molecule has 1 unspecified atom stereocenters. The van der Waals surface area contributed by atoms with Crippen molar-refractivity contribution < 1.29 is 9.59 Å². The van der Waals surface area contributed by atoms with Gasteiger partial charge in [-0.25, -0.2) is 0 Å². The molecule has 1 aliphatic carbocycles. The molecule has 5 heteroatoms. The lowest BCUT2D eigenvalue weighted by atomic mass is 10.0. The number of rotatable bonds is 8. The molecule has 138 valence electrons. The van der Waals surface area contributed by atoms with Crippen molar-refractivity contribution in [1.82, 2.24) is 15.5 Å². The van der Waals surface area contributed by atoms with Crippen LogP contribution in [0.2, 0.25) is 0 Å². The van der Waals surface area contributed by atoms with Crippen molar-refractivity contribution in [1.29, 1.82) is 0 Å². The molecule has 2 rings (SSSR count). The topological polar surface area (TPSA) is 61.4 Å². The second-order valence-electron chi connectivity index (χ2n) is 7.22. The minimum Gasteiger partial charge on any atom is -0.355 e. The molecular weight excluding hydrogens is 314 g/mol. The fourth-order valence-corrected chi connectivity index (χ4v) is 3.32. The van der Waals surface area contributed by atoms with Crippen LogP contribution < -0.4 is 10.6 Å². The van der Waals surface area contributed by atoms with Gasteiger partial charge in [0.1, 0.15) is 0 Å². The van der Waals surface area contributed by atoms with E-state index in [1.54, 1.807) is 0 Å². The van der Waals surface area contributed by atoms with E-state index < -0.39 is 0 Å². The van der Waals surface area contributed by atoms with Gasteiger partial charge in [-0.05, 0) is 39.4 Å². The lowest BCUT2D eigenvalue weighted by Crippen LogP contribution is -2.37. The van der Waals surface area contributed by atoms with Gasteiger partial charge in [-0.1, -0.05) is 42.7 Å². The molecule has 0 heterocycles. The quantitative estimate of drug-likeness (QED) is 0.761. The minimum atomic E-state index is -0.0225. The summed E-state index contributed by atoms with van der Waals surface area (Å²) in [4.78, 5) is 26.1. The van der Waals surface area contributed by atoms with Gasteiger partial charge in [0.25, 0.3) is 0 Å². The SMILES string of the molecule is Cc1ccc(C(CNC(=O)CCNC(=O)C2CCCC2)N(C)C)cc1. The highest BCUT2D eigenvalue weighted by atomic mass is 16.2. The first-order valence-electron chi connectivity index (χ1n) is 9.24. The van der Waals surface area contributed by atoms with Gasteiger partial charge < -0.3 is 15.5 Å². The zero-order valence-electron chi connectivity index (χ0n) is 15.7. The third kappa shape index (κ3) is 6.16. The monoisotopic (exact) mass is 345 g/mol. The number of hydrogen-bond donors (Lipinski definition) is 2. The van der Waals surface area contributed by atoms with Crippen LogP contribution in [0.25, 0.3) is 0 Å². The average Bonchev–Trinajstić information content (AvgIpc) is 3.11. The van der Waals surface area contributed by atoms with Gasteiger partial charge in [0.05, 0.1) is 6.04 Å². The number of carbonyl (C=O) groups is 2. The first-order valence-corrected chi connectivity index (χ1v) is 9.24. The molecule has 1 saturated carbocycles. The largest absolute Gasteiger partial charge is 0.355 e. The summed E-state index contributed by atoms with van der Waals surface area (Å²) in [6, 6.07) is 8.53. The second-order valence-corrected chi connectivity index (χ2v) is 7.22. The number of carbonyl (C=O) groups excluding carboxylic acids is 2. The lowest BCUT2D eigenvalue weighted by Gasteiger charge is -2.25. The summed E-state index contributed by atoms with van der Waals surface area (Å²) >= 11 is 0. The zero-order chi connectivity index (χ0) is 18.2. The Kier molecular flexibility index (Phi) is 7.44. The van der Waals surface area contributed by atoms with Crippen LogP contribution in [0.1, 0.15) is 49.3 Å². The number of amides is 2. The van der Waals surface area contributed by atoms with Crippen molar-refractivity contribution in [2.24, 2.45) is 5.92 Å². The maximum Gasteiger partial charge on any atom is 0.223 e. The Bertz CT molecular complexity index is 563. The number of likely N-dealkylation sites (N-methyl/N-ethyl adjacent to an activating group) is 1. The smallest absolute Gasteiger partial charge is 0.223 e. The molecule has 2 amide bonds. The highest BCUT2D eigenvalue weighted by Gasteiger charge is 2.22. The van der Waals surface area contributed by atoms with Gasteiger partial charge in [0.2, 0.25) is 11.8 Å². The Morgan fingerprint density at radius 1 is 1.12 bits per heavy atom. The summed E-state index contributed by atoms with van der Waals surface area (Å²) in [5.74, 6) is 0.240. The number of hydrogen-bond acceptors (Lipinski definition) is 3. The van der Waals surface area contributed by atoms with E-state index in [0.717, 1.165) is 25.7 Å². The second kappa shape index (κ2) is 9.56. The summed E-state index contributed by atoms with van der Waals surface area (Å²) in [6.45, 7) is 3.04. The molecule has 0 spiro atoms. The molecule has 0 aromatic heterocycles. The molecule has 0 bridgehead atoms. The number of aryl methyl sites for hydroxylation is 1. The Morgan fingerprint density at radius 2 is 1.76 bits per heavy atom. The van der Waals surface area contributed by atoms with Crippen molar-refractivity contribution in [2.75, 3.05) is 27.2 Å².